The normalized spacial score (nSPS) is 18.2. The maximum atomic E-state index is 12.8. The van der Waals surface area contributed by atoms with Crippen molar-refractivity contribution in [1.29, 1.82) is 0 Å². The lowest BCUT2D eigenvalue weighted by Crippen LogP contribution is -2.18. The molecule has 6 nitrogen and oxygen atoms in total. The molecule has 0 radical (unpaired) electrons. The second-order valence-corrected chi connectivity index (χ2v) is 6.91. The van der Waals surface area contributed by atoms with Gasteiger partial charge in [0.05, 0.1) is 11.8 Å². The highest BCUT2D eigenvalue weighted by atomic mass is 16.5. The largest absolute Gasteiger partial charge is 0.485 e. The predicted octanol–water partition coefficient (Wildman–Crippen LogP) is 4.82. The van der Waals surface area contributed by atoms with Gasteiger partial charge >= 0.3 is 5.97 Å². The van der Waals surface area contributed by atoms with Crippen molar-refractivity contribution in [2.45, 2.75) is 13.0 Å². The number of esters is 1. The first-order valence-corrected chi connectivity index (χ1v) is 9.40. The molecule has 5 rings (SSSR count). The van der Waals surface area contributed by atoms with E-state index >= 15 is 0 Å². The summed E-state index contributed by atoms with van der Waals surface area (Å²) in [5, 5.41) is 0. The lowest BCUT2D eigenvalue weighted by molar-refractivity contribution is 0.0701. The number of para-hydroxylation sites is 1. The second-order valence-electron chi connectivity index (χ2n) is 6.91. The fourth-order valence-corrected chi connectivity index (χ4v) is 3.36. The molecule has 0 fully saturated rings. The van der Waals surface area contributed by atoms with Crippen LogP contribution in [0.25, 0.3) is 6.08 Å². The molecule has 3 aromatic rings. The summed E-state index contributed by atoms with van der Waals surface area (Å²) >= 11 is 0. The van der Waals surface area contributed by atoms with E-state index < -0.39 is 5.97 Å². The number of carbonyl (C=O) groups is 2. The molecule has 0 saturated heterocycles. The monoisotopic (exact) mass is 400 g/mol. The van der Waals surface area contributed by atoms with Gasteiger partial charge < -0.3 is 18.6 Å². The number of allylic oxidation sites excluding steroid dienone is 1. The van der Waals surface area contributed by atoms with Gasteiger partial charge in [0, 0.05) is 11.6 Å². The van der Waals surface area contributed by atoms with Crippen LogP contribution in [0.4, 0.5) is 0 Å². The van der Waals surface area contributed by atoms with Crippen molar-refractivity contribution in [3.8, 4) is 17.2 Å². The molecule has 1 aromatic heterocycles. The fraction of sp³-hybridized carbons (Fsp3) is 0.0833. The molecule has 0 unspecified atom stereocenters. The molecule has 2 aliphatic heterocycles. The van der Waals surface area contributed by atoms with Crippen molar-refractivity contribution in [3.05, 3.63) is 95.2 Å². The Morgan fingerprint density at radius 3 is 2.77 bits per heavy atom. The third kappa shape index (κ3) is 3.18. The Kier molecular flexibility index (Phi) is 4.25. The van der Waals surface area contributed by atoms with Crippen molar-refractivity contribution < 1.29 is 28.2 Å². The number of hydrogen-bond donors (Lipinski definition) is 0. The maximum Gasteiger partial charge on any atom is 0.379 e. The lowest BCUT2D eigenvalue weighted by Gasteiger charge is -2.22. The van der Waals surface area contributed by atoms with E-state index in [1.54, 1.807) is 24.3 Å². The van der Waals surface area contributed by atoms with E-state index in [1.165, 1.54) is 18.4 Å². The minimum absolute atomic E-state index is 0.0894. The first kappa shape index (κ1) is 18.0. The SMILES string of the molecule is C[C@@H]1Oc2ccccc2C=C1C=C1Oc2cc(OC(=O)c3ccco3)ccc2C1=O. The van der Waals surface area contributed by atoms with Crippen molar-refractivity contribution in [2.24, 2.45) is 0 Å². The molecule has 6 heteroatoms. The molecular weight excluding hydrogens is 384 g/mol. The van der Waals surface area contributed by atoms with Gasteiger partial charge in [0.1, 0.15) is 23.4 Å². The van der Waals surface area contributed by atoms with Gasteiger partial charge in [-0.2, -0.15) is 0 Å². The Hall–Kier alpha value is -4.06. The summed E-state index contributed by atoms with van der Waals surface area (Å²) in [6.45, 7) is 1.91. The summed E-state index contributed by atoms with van der Waals surface area (Å²) in [7, 11) is 0. The van der Waals surface area contributed by atoms with Gasteiger partial charge in [-0.05, 0) is 55.0 Å². The molecule has 148 valence electrons. The summed E-state index contributed by atoms with van der Waals surface area (Å²) < 4.78 is 22.0. The van der Waals surface area contributed by atoms with Crippen molar-refractivity contribution in [1.82, 2.24) is 0 Å². The smallest absolute Gasteiger partial charge is 0.379 e. The number of rotatable bonds is 3. The third-order valence-electron chi connectivity index (χ3n) is 4.89. The fourth-order valence-electron chi connectivity index (χ4n) is 3.36. The Balaban J connectivity index is 1.40. The minimum atomic E-state index is -0.628. The molecule has 0 spiro atoms. The number of benzene rings is 2. The molecular formula is C24H16O6. The van der Waals surface area contributed by atoms with E-state index in [4.69, 9.17) is 18.6 Å². The van der Waals surface area contributed by atoms with E-state index in [-0.39, 0.29) is 29.2 Å². The zero-order chi connectivity index (χ0) is 20.7. The number of Topliss-reactive ketones (excluding diaryl/α,β-unsaturated/α-hetero) is 1. The number of ketones is 1. The van der Waals surface area contributed by atoms with Crippen LogP contribution in [-0.4, -0.2) is 17.9 Å². The number of hydrogen-bond acceptors (Lipinski definition) is 6. The van der Waals surface area contributed by atoms with Gasteiger partial charge in [-0.3, -0.25) is 4.79 Å². The van der Waals surface area contributed by atoms with Crippen molar-refractivity contribution in [2.75, 3.05) is 0 Å². The van der Waals surface area contributed by atoms with Gasteiger partial charge in [0.15, 0.2) is 5.76 Å². The quantitative estimate of drug-likeness (QED) is 0.356. The Morgan fingerprint density at radius 2 is 1.93 bits per heavy atom. The standard InChI is InChI=1S/C24H16O6/c1-14-16(11-15-5-2-3-6-19(15)28-14)12-22-23(25)18-9-8-17(13-21(18)30-22)29-24(26)20-7-4-10-27-20/h2-14H,1H3/t14-/m0/s1. The van der Waals surface area contributed by atoms with Gasteiger partial charge in [0.2, 0.25) is 11.5 Å². The van der Waals surface area contributed by atoms with Crippen LogP contribution in [-0.2, 0) is 0 Å². The summed E-state index contributed by atoms with van der Waals surface area (Å²) in [6.07, 6.45) is 4.84. The molecule has 0 amide bonds. The van der Waals surface area contributed by atoms with E-state index in [9.17, 15) is 9.59 Å². The molecule has 0 N–H and O–H groups in total. The molecule has 2 aliphatic rings. The van der Waals surface area contributed by atoms with Crippen molar-refractivity contribution >= 4 is 17.8 Å². The predicted molar refractivity (Wildman–Crippen MR) is 108 cm³/mol. The first-order chi connectivity index (χ1) is 14.6. The van der Waals surface area contributed by atoms with Crippen LogP contribution in [0.1, 0.15) is 33.4 Å². The summed E-state index contributed by atoms with van der Waals surface area (Å²) in [4.78, 5) is 24.8. The Morgan fingerprint density at radius 1 is 1.07 bits per heavy atom. The van der Waals surface area contributed by atoms with Crippen LogP contribution >= 0.6 is 0 Å². The summed E-state index contributed by atoms with van der Waals surface area (Å²) in [5.41, 5.74) is 2.18. The number of ether oxygens (including phenoxy) is 3. The Labute approximate surface area is 172 Å². The average molecular weight is 400 g/mol. The zero-order valence-electron chi connectivity index (χ0n) is 16.0. The zero-order valence-corrected chi connectivity index (χ0v) is 16.0. The van der Waals surface area contributed by atoms with Crippen LogP contribution in [0, 0.1) is 0 Å². The van der Waals surface area contributed by atoms with Crippen LogP contribution in [0.15, 0.2) is 82.7 Å². The molecule has 30 heavy (non-hydrogen) atoms. The van der Waals surface area contributed by atoms with Gasteiger partial charge in [-0.1, -0.05) is 18.2 Å². The average Bonchev–Trinajstić information content (AvgIpc) is 3.38. The first-order valence-electron chi connectivity index (χ1n) is 9.40. The molecule has 3 heterocycles. The molecule has 2 aromatic carbocycles. The summed E-state index contributed by atoms with van der Waals surface area (Å²) in [6, 6.07) is 15.4. The van der Waals surface area contributed by atoms with Crippen LogP contribution in [0.3, 0.4) is 0 Å². The maximum absolute atomic E-state index is 12.8. The molecule has 0 aliphatic carbocycles. The highest BCUT2D eigenvalue weighted by Gasteiger charge is 2.29. The van der Waals surface area contributed by atoms with Crippen LogP contribution in [0.5, 0.6) is 17.2 Å². The Bertz CT molecular complexity index is 1220. The minimum Gasteiger partial charge on any atom is -0.485 e. The van der Waals surface area contributed by atoms with E-state index in [2.05, 4.69) is 0 Å². The highest BCUT2D eigenvalue weighted by Crippen LogP contribution is 2.36. The molecule has 0 bridgehead atoms. The molecule has 1 atom stereocenters. The van der Waals surface area contributed by atoms with E-state index in [1.807, 2.05) is 37.3 Å². The van der Waals surface area contributed by atoms with E-state index in [0.717, 1.165) is 16.9 Å². The highest BCUT2D eigenvalue weighted by molar-refractivity contribution is 6.12. The van der Waals surface area contributed by atoms with Crippen molar-refractivity contribution in [3.63, 3.8) is 0 Å². The van der Waals surface area contributed by atoms with Gasteiger partial charge in [0.25, 0.3) is 0 Å². The van der Waals surface area contributed by atoms with Gasteiger partial charge in [-0.25, -0.2) is 4.79 Å². The van der Waals surface area contributed by atoms with Crippen LogP contribution in [0.2, 0.25) is 0 Å². The van der Waals surface area contributed by atoms with Crippen LogP contribution < -0.4 is 14.2 Å². The summed E-state index contributed by atoms with van der Waals surface area (Å²) in [5.74, 6) is 0.815. The van der Waals surface area contributed by atoms with Gasteiger partial charge in [-0.15, -0.1) is 0 Å². The number of furan rings is 1. The third-order valence-corrected chi connectivity index (χ3v) is 4.89. The lowest BCUT2D eigenvalue weighted by atomic mass is 10.0. The second kappa shape index (κ2) is 7.08. The number of carbonyl (C=O) groups excluding carboxylic acids is 2. The molecule has 0 saturated carbocycles. The number of fused-ring (bicyclic) bond motifs is 2. The topological polar surface area (TPSA) is 75.0 Å². The van der Waals surface area contributed by atoms with E-state index in [0.29, 0.717) is 11.3 Å².